The van der Waals surface area contributed by atoms with Gasteiger partial charge in [0.25, 0.3) is 0 Å². The van der Waals surface area contributed by atoms with E-state index in [0.717, 1.165) is 38.7 Å². The van der Waals surface area contributed by atoms with Crippen molar-refractivity contribution in [1.29, 1.82) is 0 Å². The second-order valence-corrected chi connectivity index (χ2v) is 6.25. The largest absolute Gasteiger partial charge is 0.383 e. The minimum Gasteiger partial charge on any atom is -0.383 e. The molecule has 118 valence electrons. The summed E-state index contributed by atoms with van der Waals surface area (Å²) in [5.74, 6) is 0.718. The number of rotatable bonds is 7. The number of benzene rings is 1. The average molecular weight is 291 g/mol. The zero-order valence-electron chi connectivity index (χ0n) is 13.8. The number of anilines is 1. The number of likely N-dealkylation sites (N-methyl/N-ethyl adjacent to an activating group) is 1. The van der Waals surface area contributed by atoms with E-state index in [2.05, 4.69) is 60.4 Å². The van der Waals surface area contributed by atoms with E-state index in [1.54, 1.807) is 7.11 Å². The molecule has 0 saturated carbocycles. The maximum atomic E-state index is 5.03. The lowest BCUT2D eigenvalue weighted by atomic mass is 10.1. The number of ether oxygens (including phenoxy) is 1. The number of hydrogen-bond acceptors (Lipinski definition) is 4. The Hall–Kier alpha value is -1.10. The summed E-state index contributed by atoms with van der Waals surface area (Å²) >= 11 is 0. The van der Waals surface area contributed by atoms with Gasteiger partial charge >= 0.3 is 0 Å². The predicted molar refractivity (Wildman–Crippen MR) is 88.9 cm³/mol. The Balaban J connectivity index is 1.88. The molecule has 4 nitrogen and oxygen atoms in total. The van der Waals surface area contributed by atoms with E-state index in [9.17, 15) is 0 Å². The first-order valence-electron chi connectivity index (χ1n) is 7.81. The highest BCUT2D eigenvalue weighted by Crippen LogP contribution is 2.26. The summed E-state index contributed by atoms with van der Waals surface area (Å²) in [6.45, 7) is 7.18. The molecule has 0 radical (unpaired) electrons. The Labute approximate surface area is 129 Å². The van der Waals surface area contributed by atoms with E-state index in [1.807, 2.05) is 0 Å². The number of hydrogen-bond donors (Lipinski definition) is 1. The third kappa shape index (κ3) is 4.43. The molecule has 2 unspecified atom stereocenters. The highest BCUT2D eigenvalue weighted by Gasteiger charge is 2.30. The summed E-state index contributed by atoms with van der Waals surface area (Å²) in [5.41, 5.74) is 2.66. The standard InChI is InChI=1S/C17H29N3O/c1-14-12-20(13-17(14)19(2)3)16-7-5-15(6-8-16)11-18-9-10-21-4/h5-8,14,17-18H,9-13H2,1-4H3. The van der Waals surface area contributed by atoms with Crippen molar-refractivity contribution in [2.45, 2.75) is 19.5 Å². The molecule has 1 saturated heterocycles. The first-order chi connectivity index (χ1) is 10.1. The molecule has 1 fully saturated rings. The summed E-state index contributed by atoms with van der Waals surface area (Å²) in [7, 11) is 6.09. The maximum Gasteiger partial charge on any atom is 0.0587 e. The van der Waals surface area contributed by atoms with E-state index in [1.165, 1.54) is 11.3 Å². The van der Waals surface area contributed by atoms with E-state index in [0.29, 0.717) is 6.04 Å². The van der Waals surface area contributed by atoms with Crippen LogP contribution >= 0.6 is 0 Å². The SMILES string of the molecule is COCCNCc1ccc(N2CC(C)C(N(C)C)C2)cc1. The molecule has 4 heteroatoms. The average Bonchev–Trinajstić information content (AvgIpc) is 2.86. The fourth-order valence-electron chi connectivity index (χ4n) is 3.06. The van der Waals surface area contributed by atoms with Crippen molar-refractivity contribution in [3.05, 3.63) is 29.8 Å². The molecule has 0 amide bonds. The Morgan fingerprint density at radius 3 is 2.52 bits per heavy atom. The van der Waals surface area contributed by atoms with Crippen LogP contribution < -0.4 is 10.2 Å². The van der Waals surface area contributed by atoms with Gasteiger partial charge in [0, 0.05) is 45.0 Å². The molecule has 1 N–H and O–H groups in total. The Bertz CT molecular complexity index is 419. The molecular formula is C17H29N3O. The van der Waals surface area contributed by atoms with E-state index in [-0.39, 0.29) is 0 Å². The van der Waals surface area contributed by atoms with Crippen LogP contribution in [0.2, 0.25) is 0 Å². The fourth-order valence-corrected chi connectivity index (χ4v) is 3.06. The lowest BCUT2D eigenvalue weighted by Crippen LogP contribution is -2.34. The Morgan fingerprint density at radius 1 is 1.24 bits per heavy atom. The predicted octanol–water partition coefficient (Wildman–Crippen LogP) is 1.81. The van der Waals surface area contributed by atoms with Gasteiger partial charge < -0.3 is 19.9 Å². The third-order valence-electron chi connectivity index (χ3n) is 4.35. The second kappa shape index (κ2) is 7.78. The van der Waals surface area contributed by atoms with Crippen molar-refractivity contribution < 1.29 is 4.74 Å². The number of methoxy groups -OCH3 is 1. The number of nitrogens with zero attached hydrogens (tertiary/aromatic N) is 2. The fraction of sp³-hybridized carbons (Fsp3) is 0.647. The lowest BCUT2D eigenvalue weighted by molar-refractivity contribution is 0.199. The van der Waals surface area contributed by atoms with Gasteiger partial charge in [0.15, 0.2) is 0 Å². The minimum absolute atomic E-state index is 0.653. The van der Waals surface area contributed by atoms with E-state index in [4.69, 9.17) is 4.74 Å². The zero-order chi connectivity index (χ0) is 15.2. The van der Waals surface area contributed by atoms with Crippen LogP contribution in [0.4, 0.5) is 5.69 Å². The van der Waals surface area contributed by atoms with Crippen molar-refractivity contribution in [2.75, 3.05) is 52.3 Å². The molecule has 1 aromatic carbocycles. The Morgan fingerprint density at radius 2 is 1.95 bits per heavy atom. The van der Waals surface area contributed by atoms with Crippen LogP contribution in [-0.4, -0.2) is 58.4 Å². The van der Waals surface area contributed by atoms with Gasteiger partial charge in [0.05, 0.1) is 6.61 Å². The summed E-state index contributed by atoms with van der Waals surface area (Å²) in [6.07, 6.45) is 0. The van der Waals surface area contributed by atoms with Crippen molar-refractivity contribution >= 4 is 5.69 Å². The maximum absolute atomic E-state index is 5.03. The molecule has 0 aliphatic carbocycles. The lowest BCUT2D eigenvalue weighted by Gasteiger charge is -2.23. The number of nitrogens with one attached hydrogen (secondary N) is 1. The van der Waals surface area contributed by atoms with Gasteiger partial charge in [-0.2, -0.15) is 0 Å². The highest BCUT2D eigenvalue weighted by molar-refractivity contribution is 5.49. The van der Waals surface area contributed by atoms with Gasteiger partial charge in [-0.1, -0.05) is 19.1 Å². The van der Waals surface area contributed by atoms with Gasteiger partial charge in [-0.05, 0) is 37.7 Å². The molecule has 1 aromatic rings. The van der Waals surface area contributed by atoms with E-state index >= 15 is 0 Å². The summed E-state index contributed by atoms with van der Waals surface area (Å²) < 4.78 is 5.03. The van der Waals surface area contributed by atoms with Crippen LogP contribution in [0.15, 0.2) is 24.3 Å². The normalized spacial score (nSPS) is 22.2. The van der Waals surface area contributed by atoms with Gasteiger partial charge in [-0.25, -0.2) is 0 Å². The van der Waals surface area contributed by atoms with Crippen LogP contribution in [0, 0.1) is 5.92 Å². The Kier molecular flexibility index (Phi) is 6.03. The second-order valence-electron chi connectivity index (χ2n) is 6.25. The first-order valence-corrected chi connectivity index (χ1v) is 7.81. The summed E-state index contributed by atoms with van der Waals surface area (Å²) in [5, 5.41) is 3.38. The highest BCUT2D eigenvalue weighted by atomic mass is 16.5. The molecule has 1 aliphatic heterocycles. The topological polar surface area (TPSA) is 27.7 Å². The van der Waals surface area contributed by atoms with Gasteiger partial charge in [-0.15, -0.1) is 0 Å². The van der Waals surface area contributed by atoms with Crippen LogP contribution in [-0.2, 0) is 11.3 Å². The zero-order valence-corrected chi connectivity index (χ0v) is 13.8. The molecule has 0 aromatic heterocycles. The monoisotopic (exact) mass is 291 g/mol. The van der Waals surface area contributed by atoms with Crippen LogP contribution in [0.5, 0.6) is 0 Å². The molecule has 21 heavy (non-hydrogen) atoms. The van der Waals surface area contributed by atoms with Crippen molar-refractivity contribution in [3.63, 3.8) is 0 Å². The molecular weight excluding hydrogens is 262 g/mol. The molecule has 1 heterocycles. The molecule has 2 rings (SSSR count). The summed E-state index contributed by atoms with van der Waals surface area (Å²) in [4.78, 5) is 4.84. The van der Waals surface area contributed by atoms with Crippen molar-refractivity contribution in [2.24, 2.45) is 5.92 Å². The van der Waals surface area contributed by atoms with Gasteiger partial charge in [-0.3, -0.25) is 0 Å². The van der Waals surface area contributed by atoms with Crippen LogP contribution in [0.3, 0.4) is 0 Å². The van der Waals surface area contributed by atoms with Gasteiger partial charge in [0.1, 0.15) is 0 Å². The van der Waals surface area contributed by atoms with Crippen LogP contribution in [0.1, 0.15) is 12.5 Å². The molecule has 0 bridgehead atoms. The minimum atomic E-state index is 0.653. The van der Waals surface area contributed by atoms with Crippen molar-refractivity contribution in [3.8, 4) is 0 Å². The molecule has 0 spiro atoms. The summed E-state index contributed by atoms with van der Waals surface area (Å²) in [6, 6.07) is 9.60. The van der Waals surface area contributed by atoms with Crippen molar-refractivity contribution in [1.82, 2.24) is 10.2 Å². The first kappa shape index (κ1) is 16.3. The van der Waals surface area contributed by atoms with Crippen LogP contribution in [0.25, 0.3) is 0 Å². The quantitative estimate of drug-likeness (QED) is 0.776. The smallest absolute Gasteiger partial charge is 0.0587 e. The van der Waals surface area contributed by atoms with E-state index < -0.39 is 0 Å². The molecule has 2 atom stereocenters. The van der Waals surface area contributed by atoms with Gasteiger partial charge in [0.2, 0.25) is 0 Å². The molecule has 1 aliphatic rings. The third-order valence-corrected chi connectivity index (χ3v) is 4.35.